The van der Waals surface area contributed by atoms with Crippen molar-refractivity contribution in [2.45, 2.75) is 33.1 Å². The molecule has 0 heterocycles. The number of rotatable bonds is 8. The van der Waals surface area contributed by atoms with E-state index in [4.69, 9.17) is 0 Å². The lowest BCUT2D eigenvalue weighted by molar-refractivity contribution is -0.121. The van der Waals surface area contributed by atoms with Crippen LogP contribution in [0.15, 0.2) is 36.4 Å². The summed E-state index contributed by atoms with van der Waals surface area (Å²) < 4.78 is 38.4. The highest BCUT2D eigenvalue weighted by Crippen LogP contribution is 2.17. The van der Waals surface area contributed by atoms with Crippen molar-refractivity contribution in [2.75, 3.05) is 17.5 Å². The van der Waals surface area contributed by atoms with Gasteiger partial charge in [-0.2, -0.15) is 0 Å². The van der Waals surface area contributed by atoms with E-state index in [1.807, 2.05) is 6.07 Å². The molecule has 0 saturated heterocycles. The van der Waals surface area contributed by atoms with Gasteiger partial charge in [-0.1, -0.05) is 24.3 Å². The second-order valence-electron chi connectivity index (χ2n) is 6.71. The zero-order valence-corrected chi connectivity index (χ0v) is 16.6. The second-order valence-corrected chi connectivity index (χ2v) is 8.46. The highest BCUT2D eigenvalue weighted by atomic mass is 32.2. The number of halogens is 1. The normalized spacial score (nSPS) is 11.3. The Hall–Kier alpha value is -2.41. The van der Waals surface area contributed by atoms with Gasteiger partial charge in [0.05, 0.1) is 11.9 Å². The van der Waals surface area contributed by atoms with Crippen LogP contribution in [0.3, 0.4) is 0 Å². The fourth-order valence-electron chi connectivity index (χ4n) is 2.65. The largest absolute Gasteiger partial charge is 0.356 e. The van der Waals surface area contributed by atoms with Crippen molar-refractivity contribution in [2.24, 2.45) is 0 Å². The summed E-state index contributed by atoms with van der Waals surface area (Å²) in [5, 5.41) is 2.83. The van der Waals surface area contributed by atoms with Gasteiger partial charge < -0.3 is 5.32 Å². The lowest BCUT2D eigenvalue weighted by Crippen LogP contribution is -2.25. The van der Waals surface area contributed by atoms with E-state index < -0.39 is 15.8 Å². The van der Waals surface area contributed by atoms with E-state index in [2.05, 4.69) is 36.0 Å². The van der Waals surface area contributed by atoms with Crippen LogP contribution in [0.4, 0.5) is 10.1 Å². The monoisotopic (exact) mass is 392 g/mol. The Labute approximate surface area is 160 Å². The molecule has 1 amide bonds. The van der Waals surface area contributed by atoms with Crippen LogP contribution in [0, 0.1) is 19.7 Å². The molecule has 0 aromatic heterocycles. The van der Waals surface area contributed by atoms with E-state index in [1.54, 1.807) is 6.07 Å². The summed E-state index contributed by atoms with van der Waals surface area (Å²) in [5.74, 6) is -0.692. The Morgan fingerprint density at radius 3 is 2.30 bits per heavy atom. The van der Waals surface area contributed by atoms with E-state index in [9.17, 15) is 17.6 Å². The first-order valence-corrected chi connectivity index (χ1v) is 10.6. The van der Waals surface area contributed by atoms with Crippen molar-refractivity contribution in [3.05, 3.63) is 64.5 Å². The first-order valence-electron chi connectivity index (χ1n) is 8.73. The number of aryl methyl sites for hydroxylation is 3. The lowest BCUT2D eigenvalue weighted by atomic mass is 10.0. The topological polar surface area (TPSA) is 75.3 Å². The van der Waals surface area contributed by atoms with Crippen molar-refractivity contribution in [3.8, 4) is 0 Å². The van der Waals surface area contributed by atoms with E-state index in [1.165, 1.54) is 23.3 Å². The molecule has 0 aliphatic heterocycles. The van der Waals surface area contributed by atoms with Gasteiger partial charge in [0.25, 0.3) is 0 Å². The first kappa shape index (κ1) is 20.9. The van der Waals surface area contributed by atoms with E-state index in [-0.39, 0.29) is 11.6 Å². The number of sulfonamides is 1. The number of carbonyl (C=O) groups is 1. The maximum Gasteiger partial charge on any atom is 0.229 e. The third-order valence-corrected chi connectivity index (χ3v) is 4.87. The van der Waals surface area contributed by atoms with E-state index >= 15 is 0 Å². The van der Waals surface area contributed by atoms with Gasteiger partial charge in [0.1, 0.15) is 5.82 Å². The average molecular weight is 392 g/mol. The summed E-state index contributed by atoms with van der Waals surface area (Å²) >= 11 is 0. The minimum Gasteiger partial charge on any atom is -0.356 e. The van der Waals surface area contributed by atoms with Gasteiger partial charge in [-0.3, -0.25) is 9.52 Å². The molecular formula is C20H25FN2O3S. The molecule has 0 bridgehead atoms. The van der Waals surface area contributed by atoms with Gasteiger partial charge >= 0.3 is 0 Å². The van der Waals surface area contributed by atoms with Crippen LogP contribution in [-0.4, -0.2) is 27.1 Å². The molecule has 0 atom stereocenters. The maximum atomic E-state index is 13.9. The number of amides is 1. The van der Waals surface area contributed by atoms with Crippen LogP contribution in [0.1, 0.15) is 28.7 Å². The smallest absolute Gasteiger partial charge is 0.229 e. The minimum absolute atomic E-state index is 0.0518. The van der Waals surface area contributed by atoms with Crippen LogP contribution < -0.4 is 10.0 Å². The third-order valence-electron chi connectivity index (χ3n) is 4.28. The van der Waals surface area contributed by atoms with Crippen LogP contribution in [0.2, 0.25) is 0 Å². The fraction of sp³-hybridized carbons (Fsp3) is 0.350. The Bertz CT molecular complexity index is 927. The van der Waals surface area contributed by atoms with Crippen LogP contribution >= 0.6 is 0 Å². The predicted octanol–water partition coefficient (Wildman–Crippen LogP) is 3.11. The molecule has 2 aromatic carbocycles. The van der Waals surface area contributed by atoms with Crippen LogP contribution in [0.5, 0.6) is 0 Å². The minimum atomic E-state index is -3.52. The van der Waals surface area contributed by atoms with Crippen molar-refractivity contribution in [3.63, 3.8) is 0 Å². The Balaban J connectivity index is 1.79. The molecule has 2 aromatic rings. The van der Waals surface area contributed by atoms with Gasteiger partial charge in [-0.25, -0.2) is 12.8 Å². The molecule has 2 rings (SSSR count). The number of nitrogens with one attached hydrogen (secondary N) is 2. The average Bonchev–Trinajstić information content (AvgIpc) is 2.57. The van der Waals surface area contributed by atoms with Gasteiger partial charge in [0.2, 0.25) is 15.9 Å². The zero-order chi connectivity index (χ0) is 20.0. The molecule has 27 heavy (non-hydrogen) atoms. The maximum absolute atomic E-state index is 13.9. The highest BCUT2D eigenvalue weighted by molar-refractivity contribution is 7.92. The molecule has 5 nitrogen and oxygen atoms in total. The molecule has 0 saturated carbocycles. The highest BCUT2D eigenvalue weighted by Gasteiger charge is 2.09. The van der Waals surface area contributed by atoms with Crippen LogP contribution in [-0.2, 0) is 27.7 Å². The van der Waals surface area contributed by atoms with Gasteiger partial charge in [0, 0.05) is 13.0 Å². The van der Waals surface area contributed by atoms with Crippen molar-refractivity contribution in [1.29, 1.82) is 0 Å². The predicted molar refractivity (Wildman–Crippen MR) is 106 cm³/mol. The Morgan fingerprint density at radius 2 is 1.67 bits per heavy atom. The van der Waals surface area contributed by atoms with Crippen molar-refractivity contribution < 1.29 is 17.6 Å². The summed E-state index contributed by atoms with van der Waals surface area (Å²) in [4.78, 5) is 12.0. The zero-order valence-electron chi connectivity index (χ0n) is 15.8. The Kier molecular flexibility index (Phi) is 6.96. The van der Waals surface area contributed by atoms with Crippen LogP contribution in [0.25, 0.3) is 0 Å². The summed E-state index contributed by atoms with van der Waals surface area (Å²) in [5.41, 5.74) is 4.17. The SMILES string of the molecule is Cc1ccc(CCC(=O)NCCc2ccc(NS(C)(=O)=O)c(F)c2)cc1C. The summed E-state index contributed by atoms with van der Waals surface area (Å²) in [7, 11) is -3.52. The molecular weight excluding hydrogens is 367 g/mol. The first-order chi connectivity index (χ1) is 12.6. The molecule has 0 radical (unpaired) electrons. The summed E-state index contributed by atoms with van der Waals surface area (Å²) in [6, 6.07) is 10.5. The third kappa shape index (κ3) is 7.02. The van der Waals surface area contributed by atoms with Gasteiger partial charge in [0.15, 0.2) is 0 Å². The molecule has 0 aliphatic rings. The van der Waals surface area contributed by atoms with E-state index in [0.717, 1.165) is 11.8 Å². The number of benzene rings is 2. The molecule has 146 valence electrons. The number of carbonyl (C=O) groups excluding carboxylic acids is 1. The molecule has 7 heteroatoms. The lowest BCUT2D eigenvalue weighted by Gasteiger charge is -2.09. The Morgan fingerprint density at radius 1 is 1.00 bits per heavy atom. The number of anilines is 1. The molecule has 0 spiro atoms. The van der Waals surface area contributed by atoms with Crippen molar-refractivity contribution >= 4 is 21.6 Å². The molecule has 0 aliphatic carbocycles. The summed E-state index contributed by atoms with van der Waals surface area (Å²) in [6.45, 7) is 4.50. The van der Waals surface area contributed by atoms with E-state index in [0.29, 0.717) is 31.4 Å². The van der Waals surface area contributed by atoms with Gasteiger partial charge in [-0.15, -0.1) is 0 Å². The quantitative estimate of drug-likeness (QED) is 0.725. The molecule has 2 N–H and O–H groups in total. The number of hydrogen-bond donors (Lipinski definition) is 2. The van der Waals surface area contributed by atoms with Crippen molar-refractivity contribution in [1.82, 2.24) is 5.32 Å². The number of hydrogen-bond acceptors (Lipinski definition) is 3. The second kappa shape index (κ2) is 8.99. The van der Waals surface area contributed by atoms with Gasteiger partial charge in [-0.05, 0) is 61.1 Å². The fourth-order valence-corrected chi connectivity index (χ4v) is 3.21. The summed E-state index contributed by atoms with van der Waals surface area (Å²) in [6.07, 6.45) is 2.50. The standard InChI is InChI=1S/C20H25FN2O3S/c1-14-4-5-16(12-15(14)2)7-9-20(24)22-11-10-17-6-8-19(18(21)13-17)23-27(3,25)26/h4-6,8,12-13,23H,7,9-11H2,1-3H3,(H,22,24). The molecule has 0 unspecified atom stereocenters. The molecule has 0 fully saturated rings.